The van der Waals surface area contributed by atoms with Gasteiger partial charge in [0.1, 0.15) is 12.1 Å². The molecule has 0 heterocycles. The predicted molar refractivity (Wildman–Crippen MR) is 128 cm³/mol. The van der Waals surface area contributed by atoms with Gasteiger partial charge in [-0.2, -0.15) is 0 Å². The van der Waals surface area contributed by atoms with Crippen molar-refractivity contribution in [1.82, 2.24) is 10.2 Å². The van der Waals surface area contributed by atoms with E-state index >= 15 is 0 Å². The number of hydrogen-bond donors (Lipinski definition) is 2. The number of nitrogens with zero attached hydrogens (tertiary/aromatic N) is 1. The van der Waals surface area contributed by atoms with E-state index in [9.17, 15) is 19.5 Å². The lowest BCUT2D eigenvalue weighted by molar-refractivity contribution is -0.157. The number of benzene rings is 2. The summed E-state index contributed by atoms with van der Waals surface area (Å²) in [5, 5.41) is 12.4. The van der Waals surface area contributed by atoms with E-state index in [-0.39, 0.29) is 24.5 Å². The van der Waals surface area contributed by atoms with Gasteiger partial charge in [-0.1, -0.05) is 61.4 Å². The van der Waals surface area contributed by atoms with Crippen LogP contribution < -0.4 is 5.32 Å². The fourth-order valence-electron chi connectivity index (χ4n) is 5.06. The number of likely N-dealkylation sites (N-methyl/N-ethyl adjacent to an activating group) is 1. The molecule has 2 aromatic rings. The highest BCUT2D eigenvalue weighted by molar-refractivity contribution is 5.88. The van der Waals surface area contributed by atoms with Crippen LogP contribution in [-0.2, 0) is 14.3 Å². The first-order valence-electron chi connectivity index (χ1n) is 11.8. The van der Waals surface area contributed by atoms with Gasteiger partial charge >= 0.3 is 12.1 Å². The topological polar surface area (TPSA) is 95.9 Å². The van der Waals surface area contributed by atoms with Crippen molar-refractivity contribution in [2.24, 2.45) is 5.92 Å². The van der Waals surface area contributed by atoms with Gasteiger partial charge in [0.05, 0.1) is 5.92 Å². The van der Waals surface area contributed by atoms with Crippen LogP contribution in [0, 0.1) is 5.92 Å². The minimum Gasteiger partial charge on any atom is -0.480 e. The normalized spacial score (nSPS) is 19.6. The van der Waals surface area contributed by atoms with E-state index in [0.717, 1.165) is 35.1 Å². The van der Waals surface area contributed by atoms with E-state index in [4.69, 9.17) is 4.74 Å². The van der Waals surface area contributed by atoms with Crippen LogP contribution in [0.25, 0.3) is 11.1 Å². The monoisotopic (exact) mass is 464 g/mol. The van der Waals surface area contributed by atoms with Crippen molar-refractivity contribution in [2.75, 3.05) is 13.7 Å². The molecule has 0 aromatic heterocycles. The maximum atomic E-state index is 13.2. The Bertz CT molecular complexity index is 1050. The van der Waals surface area contributed by atoms with Crippen LogP contribution in [-0.4, -0.2) is 53.2 Å². The summed E-state index contributed by atoms with van der Waals surface area (Å²) in [4.78, 5) is 38.8. The molecule has 0 aliphatic heterocycles. The predicted octanol–water partition coefficient (Wildman–Crippen LogP) is 4.41. The zero-order valence-electron chi connectivity index (χ0n) is 19.9. The fourth-order valence-corrected chi connectivity index (χ4v) is 5.06. The summed E-state index contributed by atoms with van der Waals surface area (Å²) in [5.41, 5.74) is 3.27. The van der Waals surface area contributed by atoms with Crippen molar-refractivity contribution in [3.8, 4) is 11.1 Å². The Morgan fingerprint density at radius 3 is 2.15 bits per heavy atom. The van der Waals surface area contributed by atoms with Crippen LogP contribution in [0.5, 0.6) is 0 Å². The molecule has 1 saturated carbocycles. The highest BCUT2D eigenvalue weighted by Gasteiger charge is 2.41. The van der Waals surface area contributed by atoms with Crippen LogP contribution in [0.3, 0.4) is 0 Å². The number of alkyl carbamates (subject to hydrolysis) is 1. The first-order chi connectivity index (χ1) is 16.2. The molecule has 34 heavy (non-hydrogen) atoms. The summed E-state index contributed by atoms with van der Waals surface area (Å²) in [6.45, 7) is 3.21. The van der Waals surface area contributed by atoms with Gasteiger partial charge in [-0.05, 0) is 48.9 Å². The van der Waals surface area contributed by atoms with E-state index in [1.54, 1.807) is 0 Å². The van der Waals surface area contributed by atoms with E-state index < -0.39 is 23.5 Å². The Labute approximate surface area is 200 Å². The molecular formula is C27H32N2O5. The minimum atomic E-state index is -1.33. The number of hydrogen-bond acceptors (Lipinski definition) is 4. The van der Waals surface area contributed by atoms with Gasteiger partial charge in [-0.15, -0.1) is 0 Å². The molecule has 7 heteroatoms. The first-order valence-corrected chi connectivity index (χ1v) is 11.8. The molecule has 4 rings (SSSR count). The third kappa shape index (κ3) is 4.39. The Morgan fingerprint density at radius 1 is 1.00 bits per heavy atom. The second kappa shape index (κ2) is 9.49. The smallest absolute Gasteiger partial charge is 0.407 e. The van der Waals surface area contributed by atoms with Crippen molar-refractivity contribution in [1.29, 1.82) is 0 Å². The molecule has 2 aliphatic carbocycles. The number of carboxylic acids is 1. The summed E-state index contributed by atoms with van der Waals surface area (Å²) in [7, 11) is 1.51. The van der Waals surface area contributed by atoms with Crippen molar-refractivity contribution < 1.29 is 24.2 Å². The lowest BCUT2D eigenvalue weighted by atomic mass is 9.83. The molecule has 2 atom stereocenters. The molecular weight excluding hydrogens is 432 g/mol. The minimum absolute atomic E-state index is 0.0376. The zero-order chi connectivity index (χ0) is 24.5. The van der Waals surface area contributed by atoms with E-state index in [1.165, 1.54) is 25.8 Å². The number of carboxylic acid groups (broad SMARTS) is 1. The molecule has 2 unspecified atom stereocenters. The van der Waals surface area contributed by atoms with Crippen LogP contribution >= 0.6 is 0 Å². The summed E-state index contributed by atoms with van der Waals surface area (Å²) in [6.07, 6.45) is 2.46. The number of ether oxygens (including phenoxy) is 1. The number of rotatable bonds is 6. The van der Waals surface area contributed by atoms with Crippen molar-refractivity contribution in [3.63, 3.8) is 0 Å². The van der Waals surface area contributed by atoms with E-state index in [1.807, 2.05) is 24.3 Å². The summed E-state index contributed by atoms with van der Waals surface area (Å²) < 4.78 is 5.67. The summed E-state index contributed by atoms with van der Waals surface area (Å²) >= 11 is 0. The molecule has 0 saturated heterocycles. The summed E-state index contributed by atoms with van der Waals surface area (Å²) in [6, 6.07) is 15.9. The van der Waals surface area contributed by atoms with Crippen molar-refractivity contribution >= 4 is 18.0 Å². The molecule has 2 aromatic carbocycles. The van der Waals surface area contributed by atoms with Crippen LogP contribution in [0.4, 0.5) is 4.79 Å². The van der Waals surface area contributed by atoms with Gasteiger partial charge in [0.15, 0.2) is 0 Å². The highest BCUT2D eigenvalue weighted by Crippen LogP contribution is 2.44. The SMILES string of the molecule is CN(C(=O)C1CCCCC1NC(=O)OCC1c2ccccc2-c2ccccc21)C(C)(C)C(=O)O. The van der Waals surface area contributed by atoms with Crippen LogP contribution in [0.1, 0.15) is 56.6 Å². The maximum absolute atomic E-state index is 13.2. The van der Waals surface area contributed by atoms with Gasteiger partial charge in [0, 0.05) is 19.0 Å². The number of carbonyl (C=O) groups excluding carboxylic acids is 2. The molecule has 180 valence electrons. The molecule has 7 nitrogen and oxygen atoms in total. The number of amides is 2. The van der Waals surface area contributed by atoms with Crippen molar-refractivity contribution in [3.05, 3.63) is 59.7 Å². The number of carbonyl (C=O) groups is 3. The molecule has 0 radical (unpaired) electrons. The maximum Gasteiger partial charge on any atom is 0.407 e. The van der Waals surface area contributed by atoms with Crippen LogP contribution in [0.15, 0.2) is 48.5 Å². The Hall–Kier alpha value is -3.35. The van der Waals surface area contributed by atoms with E-state index in [0.29, 0.717) is 12.8 Å². The van der Waals surface area contributed by atoms with Crippen molar-refractivity contribution in [2.45, 2.75) is 57.0 Å². The highest BCUT2D eigenvalue weighted by atomic mass is 16.5. The first kappa shape index (κ1) is 23.8. The van der Waals surface area contributed by atoms with E-state index in [2.05, 4.69) is 29.6 Å². The van der Waals surface area contributed by atoms with Gasteiger partial charge in [-0.25, -0.2) is 9.59 Å². The Morgan fingerprint density at radius 2 is 1.56 bits per heavy atom. The standard InChI is InChI=1S/C27H32N2O5/c1-27(2,25(31)32)29(3)24(30)21-14-8-9-15-23(21)28-26(33)34-16-22-19-12-6-4-10-17(19)18-11-5-7-13-20(18)22/h4-7,10-13,21-23H,8-9,14-16H2,1-3H3,(H,28,33)(H,31,32). The molecule has 0 bridgehead atoms. The lowest BCUT2D eigenvalue weighted by Crippen LogP contribution is -2.56. The molecule has 2 amide bonds. The Balaban J connectivity index is 1.42. The number of fused-ring (bicyclic) bond motifs is 3. The molecule has 2 aliphatic rings. The fraction of sp³-hybridized carbons (Fsp3) is 0.444. The zero-order valence-corrected chi connectivity index (χ0v) is 19.9. The van der Waals surface area contributed by atoms with Gasteiger partial charge in [-0.3, -0.25) is 4.79 Å². The van der Waals surface area contributed by atoms with Crippen LogP contribution in [0.2, 0.25) is 0 Å². The third-order valence-corrected chi connectivity index (χ3v) is 7.42. The Kier molecular flexibility index (Phi) is 6.64. The van der Waals surface area contributed by atoms with Gasteiger partial charge in [0.25, 0.3) is 0 Å². The summed E-state index contributed by atoms with van der Waals surface area (Å²) in [5.74, 6) is -1.85. The molecule has 2 N–H and O–H groups in total. The van der Waals surface area contributed by atoms with Gasteiger partial charge < -0.3 is 20.1 Å². The molecule has 1 fully saturated rings. The molecule has 0 spiro atoms. The quantitative estimate of drug-likeness (QED) is 0.660. The van der Waals surface area contributed by atoms with Gasteiger partial charge in [0.2, 0.25) is 5.91 Å². The lowest BCUT2D eigenvalue weighted by Gasteiger charge is -2.38. The average molecular weight is 465 g/mol. The third-order valence-electron chi connectivity index (χ3n) is 7.42. The number of nitrogens with one attached hydrogen (secondary N) is 1. The number of aliphatic carboxylic acids is 1. The average Bonchev–Trinajstić information content (AvgIpc) is 3.16. The largest absolute Gasteiger partial charge is 0.480 e. The second-order valence-electron chi connectivity index (χ2n) is 9.73. The second-order valence-corrected chi connectivity index (χ2v) is 9.73.